The molecule has 0 saturated heterocycles. The van der Waals surface area contributed by atoms with E-state index in [1.807, 2.05) is 0 Å². The van der Waals surface area contributed by atoms with Gasteiger partial charge >= 0.3 is 13.3 Å². The Balaban J connectivity index is 0.000000500. The van der Waals surface area contributed by atoms with E-state index in [9.17, 15) is 22.8 Å². The average molecular weight is 438 g/mol. The smallest absolute Gasteiger partial charge is 0.426 e. The average Bonchev–Trinajstić information content (AvgIpc) is 2.67. The molecule has 0 saturated carbocycles. The Morgan fingerprint density at radius 3 is 1.87 bits per heavy atom. The molecule has 4 N–H and O–H groups in total. The van der Waals surface area contributed by atoms with Crippen LogP contribution in [0.1, 0.15) is 40.9 Å². The summed E-state index contributed by atoms with van der Waals surface area (Å²) in [6.45, 7) is 6.75. The molecule has 0 bridgehead atoms. The topological polar surface area (TPSA) is 98.7 Å². The second-order valence-corrected chi connectivity index (χ2v) is 7.47. The van der Waals surface area contributed by atoms with Gasteiger partial charge in [0.2, 0.25) is 5.91 Å². The molecule has 6 nitrogen and oxygen atoms in total. The van der Waals surface area contributed by atoms with Crippen molar-refractivity contribution in [2.24, 2.45) is 0 Å². The normalized spacial score (nSPS) is 11.1. The number of nitrogens with one attached hydrogen (secondary N) is 2. The van der Waals surface area contributed by atoms with Crippen LogP contribution in [-0.2, 0) is 11.0 Å². The second-order valence-electron chi connectivity index (χ2n) is 7.47. The first-order chi connectivity index (χ1) is 14.2. The SMILES string of the molecule is CC(C)(NC(=O)c1ccccc1C(F)(F)F)C(=O)NCB(O)O.Cc1ccc(C)cc1. The van der Waals surface area contributed by atoms with Crippen molar-refractivity contribution in [2.75, 3.05) is 6.44 Å². The molecule has 0 aliphatic rings. The maximum atomic E-state index is 12.9. The van der Waals surface area contributed by atoms with Crippen molar-refractivity contribution >= 4 is 18.9 Å². The molecule has 2 aromatic rings. The number of amides is 2. The van der Waals surface area contributed by atoms with Gasteiger partial charge in [-0.25, -0.2) is 0 Å². The molecule has 168 valence electrons. The number of hydrogen-bond acceptors (Lipinski definition) is 4. The lowest BCUT2D eigenvalue weighted by atomic mass is 9.91. The quantitative estimate of drug-likeness (QED) is 0.540. The van der Waals surface area contributed by atoms with Gasteiger partial charge in [-0.3, -0.25) is 9.59 Å². The molecule has 10 heteroatoms. The van der Waals surface area contributed by atoms with Gasteiger partial charge in [0, 0.05) is 0 Å². The summed E-state index contributed by atoms with van der Waals surface area (Å²) in [7, 11) is -1.78. The van der Waals surface area contributed by atoms with Crippen LogP contribution in [0.2, 0.25) is 0 Å². The van der Waals surface area contributed by atoms with Gasteiger partial charge < -0.3 is 20.7 Å². The van der Waals surface area contributed by atoms with Gasteiger partial charge in [-0.2, -0.15) is 13.2 Å². The summed E-state index contributed by atoms with van der Waals surface area (Å²) in [6, 6.07) is 12.7. The van der Waals surface area contributed by atoms with Gasteiger partial charge in [0.05, 0.1) is 17.6 Å². The lowest BCUT2D eigenvalue weighted by molar-refractivity contribution is -0.137. The molecule has 0 spiro atoms. The van der Waals surface area contributed by atoms with E-state index in [-0.39, 0.29) is 0 Å². The number of alkyl halides is 3. The molecule has 0 aromatic heterocycles. The third-order valence-corrected chi connectivity index (χ3v) is 4.13. The monoisotopic (exact) mass is 438 g/mol. The van der Waals surface area contributed by atoms with E-state index in [0.717, 1.165) is 18.2 Å². The molecule has 0 atom stereocenters. The highest BCUT2D eigenvalue weighted by molar-refractivity contribution is 6.41. The van der Waals surface area contributed by atoms with Crippen LogP contribution in [0.5, 0.6) is 0 Å². The Bertz CT molecular complexity index is 864. The predicted octanol–water partition coefficient (Wildman–Crippen LogP) is 2.65. The van der Waals surface area contributed by atoms with Gasteiger partial charge in [0.15, 0.2) is 0 Å². The fourth-order valence-corrected chi connectivity index (χ4v) is 2.38. The number of carbonyl (C=O) groups is 2. The number of benzene rings is 2. The molecule has 0 unspecified atom stereocenters. The molecule has 31 heavy (non-hydrogen) atoms. The summed E-state index contributed by atoms with van der Waals surface area (Å²) >= 11 is 0. The number of carbonyl (C=O) groups excluding carboxylic acids is 2. The molecule has 2 rings (SSSR count). The van der Waals surface area contributed by atoms with Gasteiger partial charge in [-0.15, -0.1) is 0 Å². The summed E-state index contributed by atoms with van der Waals surface area (Å²) in [6.07, 6.45) is -5.18. The maximum Gasteiger partial charge on any atom is 0.472 e. The van der Waals surface area contributed by atoms with Gasteiger partial charge in [-0.1, -0.05) is 47.5 Å². The zero-order chi connectivity index (χ0) is 23.8. The number of aryl methyl sites for hydroxylation is 2. The highest BCUT2D eigenvalue weighted by atomic mass is 19.4. The first kappa shape index (κ1) is 26.2. The minimum Gasteiger partial charge on any atom is -0.426 e. The van der Waals surface area contributed by atoms with Crippen LogP contribution in [-0.4, -0.2) is 41.0 Å². The van der Waals surface area contributed by atoms with Crippen LogP contribution in [0.25, 0.3) is 0 Å². The van der Waals surface area contributed by atoms with E-state index >= 15 is 0 Å². The Hall–Kier alpha value is -2.85. The zero-order valence-electron chi connectivity index (χ0n) is 17.7. The lowest BCUT2D eigenvalue weighted by Gasteiger charge is -2.25. The van der Waals surface area contributed by atoms with Crippen molar-refractivity contribution in [3.8, 4) is 0 Å². The highest BCUT2D eigenvalue weighted by Crippen LogP contribution is 2.31. The van der Waals surface area contributed by atoms with Crippen molar-refractivity contribution in [2.45, 2.75) is 39.4 Å². The minimum atomic E-state index is -4.71. The fraction of sp³-hybridized carbons (Fsp3) is 0.333. The Morgan fingerprint density at radius 2 is 1.42 bits per heavy atom. The van der Waals surface area contributed by atoms with Gasteiger partial charge in [0.1, 0.15) is 5.54 Å². The van der Waals surface area contributed by atoms with E-state index in [2.05, 4.69) is 48.7 Å². The predicted molar refractivity (Wildman–Crippen MR) is 112 cm³/mol. The zero-order valence-corrected chi connectivity index (χ0v) is 17.7. The summed E-state index contributed by atoms with van der Waals surface area (Å²) in [5.41, 5.74) is -0.612. The summed E-state index contributed by atoms with van der Waals surface area (Å²) in [4.78, 5) is 23.9. The van der Waals surface area contributed by atoms with Crippen molar-refractivity contribution in [1.82, 2.24) is 10.6 Å². The third-order valence-electron chi connectivity index (χ3n) is 4.13. The second kappa shape index (κ2) is 11.0. The van der Waals surface area contributed by atoms with Crippen molar-refractivity contribution < 1.29 is 32.8 Å². The van der Waals surface area contributed by atoms with Gasteiger partial charge in [0.25, 0.3) is 5.91 Å². The molecule has 0 radical (unpaired) electrons. The van der Waals surface area contributed by atoms with Crippen LogP contribution in [0.4, 0.5) is 13.2 Å². The molecule has 0 aliphatic carbocycles. The third kappa shape index (κ3) is 8.81. The number of halogens is 3. The van der Waals surface area contributed by atoms with Crippen LogP contribution in [0.15, 0.2) is 48.5 Å². The van der Waals surface area contributed by atoms with E-state index in [1.54, 1.807) is 0 Å². The molecule has 0 fully saturated rings. The lowest BCUT2D eigenvalue weighted by Crippen LogP contribution is -2.56. The highest BCUT2D eigenvalue weighted by Gasteiger charge is 2.37. The summed E-state index contributed by atoms with van der Waals surface area (Å²) < 4.78 is 38.7. The van der Waals surface area contributed by atoms with Crippen molar-refractivity contribution in [1.29, 1.82) is 0 Å². The van der Waals surface area contributed by atoms with Gasteiger partial charge in [-0.05, 0) is 39.8 Å². The van der Waals surface area contributed by atoms with E-state index in [0.29, 0.717) is 0 Å². The first-order valence-corrected chi connectivity index (χ1v) is 9.40. The molecule has 0 aliphatic heterocycles. The molecule has 2 aromatic carbocycles. The van der Waals surface area contributed by atoms with E-state index < -0.39 is 48.2 Å². The summed E-state index contributed by atoms with van der Waals surface area (Å²) in [5, 5.41) is 21.7. The molecule has 0 heterocycles. The largest absolute Gasteiger partial charge is 0.472 e. The van der Waals surface area contributed by atoms with Crippen LogP contribution in [0.3, 0.4) is 0 Å². The van der Waals surface area contributed by atoms with Crippen molar-refractivity contribution in [3.05, 3.63) is 70.8 Å². The fourth-order valence-electron chi connectivity index (χ4n) is 2.38. The first-order valence-electron chi connectivity index (χ1n) is 9.40. The minimum absolute atomic E-state index is 0.475. The molecule has 2 amide bonds. The number of rotatable bonds is 5. The Kier molecular flexibility index (Phi) is 9.27. The Morgan fingerprint density at radius 1 is 0.935 bits per heavy atom. The number of hydrogen-bond donors (Lipinski definition) is 4. The van der Waals surface area contributed by atoms with Crippen LogP contribution in [0, 0.1) is 13.8 Å². The summed E-state index contributed by atoms with van der Waals surface area (Å²) in [5.74, 6) is -1.84. The Labute approximate surface area is 179 Å². The molecular weight excluding hydrogens is 412 g/mol. The van der Waals surface area contributed by atoms with E-state index in [4.69, 9.17) is 10.0 Å². The van der Waals surface area contributed by atoms with Crippen LogP contribution >= 0.6 is 0 Å². The van der Waals surface area contributed by atoms with Crippen LogP contribution < -0.4 is 10.6 Å². The van der Waals surface area contributed by atoms with E-state index in [1.165, 1.54) is 31.0 Å². The van der Waals surface area contributed by atoms with Crippen molar-refractivity contribution in [3.63, 3.8) is 0 Å². The standard InChI is InChI=1S/C13H16BF3N2O4.C8H10/c1-12(2,11(21)18-7-14(22)23)19-10(20)8-5-3-4-6-9(8)13(15,16)17;1-7-3-5-8(2)6-4-7/h3-6,22-23H,7H2,1-2H3,(H,18,21)(H,19,20);3-6H,1-2H3. The molecular formula is C21H26BF3N2O4. The maximum absolute atomic E-state index is 12.9.